The second-order valence-corrected chi connectivity index (χ2v) is 9.35. The molecule has 2 saturated heterocycles. The van der Waals surface area contributed by atoms with Crippen molar-refractivity contribution in [3.05, 3.63) is 64.9 Å². The highest BCUT2D eigenvalue weighted by atomic mass is 35.5. The standard InChI is InChI=1S/C25H28ClN3O3/c26-21-7-5-18(6-8-21)15-25(11-9-22(30)28-25)12-10-23(31)29-14-2-4-20(17-29)24(32)19-3-1-13-27-16-19/h1,3,5-8,13,16,20H,2,4,9-12,14-15,17H2,(H,28,30)/t20-,25-/m1/s1. The number of rotatable bonds is 7. The molecule has 1 aromatic carbocycles. The van der Waals surface area contributed by atoms with Gasteiger partial charge in [-0.25, -0.2) is 0 Å². The number of benzene rings is 1. The van der Waals surface area contributed by atoms with Crippen molar-refractivity contribution in [1.29, 1.82) is 0 Å². The van der Waals surface area contributed by atoms with Gasteiger partial charge in [0.2, 0.25) is 11.8 Å². The summed E-state index contributed by atoms with van der Waals surface area (Å²) in [5.41, 5.74) is 1.27. The Morgan fingerprint density at radius 3 is 2.72 bits per heavy atom. The van der Waals surface area contributed by atoms with E-state index in [9.17, 15) is 14.4 Å². The Bertz CT molecular complexity index is 980. The number of amides is 2. The summed E-state index contributed by atoms with van der Waals surface area (Å²) in [6.45, 7) is 1.12. The van der Waals surface area contributed by atoms with Gasteiger partial charge in [0.25, 0.3) is 0 Å². The molecular formula is C25H28ClN3O3. The van der Waals surface area contributed by atoms with Gasteiger partial charge in [-0.15, -0.1) is 0 Å². The summed E-state index contributed by atoms with van der Waals surface area (Å²) in [5, 5.41) is 3.81. The van der Waals surface area contributed by atoms with Gasteiger partial charge in [-0.3, -0.25) is 19.4 Å². The molecule has 32 heavy (non-hydrogen) atoms. The Labute approximate surface area is 193 Å². The summed E-state index contributed by atoms with van der Waals surface area (Å²) in [4.78, 5) is 43.8. The van der Waals surface area contributed by atoms with Crippen LogP contribution >= 0.6 is 11.6 Å². The van der Waals surface area contributed by atoms with Crippen LogP contribution in [0.15, 0.2) is 48.8 Å². The molecule has 0 spiro atoms. The minimum atomic E-state index is -0.415. The number of carbonyl (C=O) groups excluding carboxylic acids is 3. The molecule has 6 nitrogen and oxygen atoms in total. The van der Waals surface area contributed by atoms with Gasteiger partial charge in [0.15, 0.2) is 5.78 Å². The van der Waals surface area contributed by atoms with Crippen molar-refractivity contribution in [2.75, 3.05) is 13.1 Å². The monoisotopic (exact) mass is 453 g/mol. The minimum absolute atomic E-state index is 0.0338. The zero-order chi connectivity index (χ0) is 22.6. The lowest BCUT2D eigenvalue weighted by atomic mass is 9.84. The average Bonchev–Trinajstić information content (AvgIpc) is 3.19. The molecule has 3 heterocycles. The highest BCUT2D eigenvalue weighted by molar-refractivity contribution is 6.30. The van der Waals surface area contributed by atoms with E-state index in [-0.39, 0.29) is 23.5 Å². The van der Waals surface area contributed by atoms with Crippen LogP contribution in [0.4, 0.5) is 0 Å². The van der Waals surface area contributed by atoms with Gasteiger partial charge in [-0.1, -0.05) is 23.7 Å². The maximum Gasteiger partial charge on any atom is 0.222 e. The van der Waals surface area contributed by atoms with Crippen LogP contribution in [-0.4, -0.2) is 46.1 Å². The number of piperidine rings is 1. The van der Waals surface area contributed by atoms with Crippen molar-refractivity contribution >= 4 is 29.2 Å². The number of aromatic nitrogens is 1. The molecule has 2 atom stereocenters. The number of hydrogen-bond donors (Lipinski definition) is 1. The summed E-state index contributed by atoms with van der Waals surface area (Å²) >= 11 is 6.00. The molecular weight excluding hydrogens is 426 g/mol. The topological polar surface area (TPSA) is 79.4 Å². The number of likely N-dealkylation sites (tertiary alicyclic amines) is 1. The van der Waals surface area contributed by atoms with Gasteiger partial charge in [-0.05, 0) is 61.9 Å². The van der Waals surface area contributed by atoms with Crippen molar-refractivity contribution in [2.45, 2.75) is 50.5 Å². The van der Waals surface area contributed by atoms with Gasteiger partial charge in [0.05, 0.1) is 0 Å². The molecule has 0 aliphatic carbocycles. The van der Waals surface area contributed by atoms with E-state index < -0.39 is 5.54 Å². The van der Waals surface area contributed by atoms with Gasteiger partial charge < -0.3 is 10.2 Å². The van der Waals surface area contributed by atoms with Crippen molar-refractivity contribution in [3.63, 3.8) is 0 Å². The summed E-state index contributed by atoms with van der Waals surface area (Å²) < 4.78 is 0. The van der Waals surface area contributed by atoms with Crippen molar-refractivity contribution < 1.29 is 14.4 Å². The number of pyridine rings is 1. The summed E-state index contributed by atoms with van der Waals surface area (Å²) in [6.07, 6.45) is 7.63. The Hall–Kier alpha value is -2.73. The molecule has 168 valence electrons. The fourth-order valence-electron chi connectivity index (χ4n) is 4.84. The van der Waals surface area contributed by atoms with E-state index in [0.29, 0.717) is 55.8 Å². The first-order valence-corrected chi connectivity index (χ1v) is 11.6. The van der Waals surface area contributed by atoms with Crippen LogP contribution in [0.3, 0.4) is 0 Å². The van der Waals surface area contributed by atoms with Crippen LogP contribution in [0.5, 0.6) is 0 Å². The van der Waals surface area contributed by atoms with E-state index in [0.717, 1.165) is 18.4 Å². The lowest BCUT2D eigenvalue weighted by Gasteiger charge is -2.34. The Balaban J connectivity index is 1.38. The molecule has 1 aromatic heterocycles. The predicted octanol–water partition coefficient (Wildman–Crippen LogP) is 3.83. The molecule has 1 N–H and O–H groups in total. The van der Waals surface area contributed by atoms with E-state index in [4.69, 9.17) is 11.6 Å². The van der Waals surface area contributed by atoms with E-state index in [1.54, 1.807) is 24.5 Å². The lowest BCUT2D eigenvalue weighted by Crippen LogP contribution is -2.46. The smallest absolute Gasteiger partial charge is 0.222 e. The molecule has 2 aliphatic heterocycles. The van der Waals surface area contributed by atoms with Crippen LogP contribution in [0, 0.1) is 5.92 Å². The number of Topliss-reactive ketones (excluding diaryl/α,β-unsaturated/α-hetero) is 1. The Morgan fingerprint density at radius 1 is 1.22 bits per heavy atom. The zero-order valence-electron chi connectivity index (χ0n) is 18.1. The third kappa shape index (κ3) is 5.36. The summed E-state index contributed by atoms with van der Waals surface area (Å²) in [7, 11) is 0. The number of carbonyl (C=O) groups is 3. The Kier molecular flexibility index (Phi) is 6.89. The lowest BCUT2D eigenvalue weighted by molar-refractivity contribution is -0.133. The first-order chi connectivity index (χ1) is 15.4. The molecule has 0 radical (unpaired) electrons. The van der Waals surface area contributed by atoms with E-state index in [2.05, 4.69) is 10.3 Å². The van der Waals surface area contributed by atoms with E-state index in [1.165, 1.54) is 0 Å². The fraction of sp³-hybridized carbons (Fsp3) is 0.440. The first-order valence-electron chi connectivity index (χ1n) is 11.2. The van der Waals surface area contributed by atoms with Crippen LogP contribution in [0.2, 0.25) is 5.02 Å². The van der Waals surface area contributed by atoms with E-state index >= 15 is 0 Å². The minimum Gasteiger partial charge on any atom is -0.350 e. The average molecular weight is 454 g/mol. The molecule has 2 amide bonds. The highest BCUT2D eigenvalue weighted by Gasteiger charge is 2.38. The fourth-order valence-corrected chi connectivity index (χ4v) is 4.97. The summed E-state index contributed by atoms with van der Waals surface area (Å²) in [5.74, 6) is -0.0548. The molecule has 0 saturated carbocycles. The molecule has 7 heteroatoms. The molecule has 2 aromatic rings. The third-order valence-corrected chi connectivity index (χ3v) is 6.85. The predicted molar refractivity (Wildman–Crippen MR) is 122 cm³/mol. The zero-order valence-corrected chi connectivity index (χ0v) is 18.8. The van der Waals surface area contributed by atoms with Crippen LogP contribution < -0.4 is 5.32 Å². The largest absolute Gasteiger partial charge is 0.350 e. The van der Waals surface area contributed by atoms with Gasteiger partial charge >= 0.3 is 0 Å². The Morgan fingerprint density at radius 2 is 2.03 bits per heavy atom. The maximum atomic E-state index is 13.1. The van der Waals surface area contributed by atoms with Crippen LogP contribution in [-0.2, 0) is 16.0 Å². The number of halogens is 1. The first kappa shape index (κ1) is 22.5. The quantitative estimate of drug-likeness (QED) is 0.646. The second-order valence-electron chi connectivity index (χ2n) is 8.92. The summed E-state index contributed by atoms with van der Waals surface area (Å²) in [6, 6.07) is 11.2. The van der Waals surface area contributed by atoms with E-state index in [1.807, 2.05) is 29.2 Å². The number of nitrogens with one attached hydrogen (secondary N) is 1. The third-order valence-electron chi connectivity index (χ3n) is 6.60. The van der Waals surface area contributed by atoms with Gasteiger partial charge in [0.1, 0.15) is 0 Å². The number of hydrogen-bond acceptors (Lipinski definition) is 4. The van der Waals surface area contributed by atoms with Gasteiger partial charge in [0, 0.05) is 60.4 Å². The maximum absolute atomic E-state index is 13.1. The molecule has 0 unspecified atom stereocenters. The van der Waals surface area contributed by atoms with Crippen molar-refractivity contribution in [1.82, 2.24) is 15.2 Å². The van der Waals surface area contributed by atoms with Crippen LogP contribution in [0.25, 0.3) is 0 Å². The normalized spacial score (nSPS) is 23.1. The van der Waals surface area contributed by atoms with Crippen LogP contribution in [0.1, 0.15) is 54.4 Å². The van der Waals surface area contributed by atoms with Crippen molar-refractivity contribution in [2.24, 2.45) is 5.92 Å². The molecule has 0 bridgehead atoms. The number of nitrogens with zero attached hydrogens (tertiary/aromatic N) is 2. The second kappa shape index (κ2) is 9.82. The molecule has 2 aliphatic rings. The number of ketones is 1. The van der Waals surface area contributed by atoms with Gasteiger partial charge in [-0.2, -0.15) is 0 Å². The van der Waals surface area contributed by atoms with Crippen molar-refractivity contribution in [3.8, 4) is 0 Å². The highest BCUT2D eigenvalue weighted by Crippen LogP contribution is 2.31. The molecule has 4 rings (SSSR count). The molecule has 2 fully saturated rings. The SMILES string of the molecule is O=C1CC[C@@](CCC(=O)N2CCC[C@@H](C(=O)c3cccnc3)C2)(Cc2ccc(Cl)cc2)N1.